The molecular formula is C14H16O3. The molecule has 0 aliphatic carbocycles. The lowest BCUT2D eigenvalue weighted by Gasteiger charge is -2.22. The first kappa shape index (κ1) is 13.2. The zero-order chi connectivity index (χ0) is 12.9. The maximum absolute atomic E-state index is 12.2. The van der Waals surface area contributed by atoms with E-state index >= 15 is 0 Å². The Morgan fingerprint density at radius 2 is 1.88 bits per heavy atom. The Morgan fingerprint density at radius 1 is 1.29 bits per heavy atom. The minimum Gasteiger partial charge on any atom is -0.461 e. The van der Waals surface area contributed by atoms with Gasteiger partial charge in [-0.25, -0.2) is 4.79 Å². The van der Waals surface area contributed by atoms with Crippen molar-refractivity contribution in [3.05, 3.63) is 48.6 Å². The van der Waals surface area contributed by atoms with Crippen LogP contribution in [-0.2, 0) is 9.53 Å². The van der Waals surface area contributed by atoms with Crippen LogP contribution in [0.1, 0.15) is 24.2 Å². The van der Waals surface area contributed by atoms with E-state index in [1.165, 1.54) is 0 Å². The van der Waals surface area contributed by atoms with Gasteiger partial charge in [-0.2, -0.15) is 0 Å². The van der Waals surface area contributed by atoms with Gasteiger partial charge in [-0.05, 0) is 13.8 Å². The molecule has 0 heterocycles. The molecule has 0 aliphatic heterocycles. The number of hydrogen-bond donors (Lipinski definition) is 0. The van der Waals surface area contributed by atoms with Gasteiger partial charge in [0.05, 0.1) is 5.41 Å². The minimum atomic E-state index is -0.736. The number of ketones is 1. The zero-order valence-corrected chi connectivity index (χ0v) is 10.1. The van der Waals surface area contributed by atoms with Crippen molar-refractivity contribution in [1.29, 1.82) is 0 Å². The van der Waals surface area contributed by atoms with Gasteiger partial charge in [0, 0.05) is 11.6 Å². The summed E-state index contributed by atoms with van der Waals surface area (Å²) in [5, 5.41) is 0. The van der Waals surface area contributed by atoms with Gasteiger partial charge >= 0.3 is 5.97 Å². The lowest BCUT2D eigenvalue weighted by Crippen LogP contribution is -2.30. The largest absolute Gasteiger partial charge is 0.461 e. The summed E-state index contributed by atoms with van der Waals surface area (Å²) in [7, 11) is 0. The van der Waals surface area contributed by atoms with E-state index in [4.69, 9.17) is 4.74 Å². The highest BCUT2D eigenvalue weighted by atomic mass is 16.5. The maximum atomic E-state index is 12.2. The molecule has 1 aromatic carbocycles. The molecule has 0 saturated heterocycles. The van der Waals surface area contributed by atoms with Crippen LogP contribution in [0.15, 0.2) is 43.0 Å². The summed E-state index contributed by atoms with van der Waals surface area (Å²) in [6, 6.07) is 8.96. The molecular weight excluding hydrogens is 216 g/mol. The molecule has 90 valence electrons. The van der Waals surface area contributed by atoms with Crippen molar-refractivity contribution < 1.29 is 14.3 Å². The molecule has 0 atom stereocenters. The SMILES string of the molecule is C=CC(=O)OCC(C)(C)C(=O)c1ccccc1. The third kappa shape index (κ3) is 3.55. The van der Waals surface area contributed by atoms with Gasteiger partial charge in [-0.1, -0.05) is 36.9 Å². The normalized spacial score (nSPS) is 10.7. The molecule has 0 unspecified atom stereocenters. The van der Waals surface area contributed by atoms with Crippen molar-refractivity contribution in [2.45, 2.75) is 13.8 Å². The molecule has 0 amide bonds. The van der Waals surface area contributed by atoms with Gasteiger partial charge in [-0.3, -0.25) is 4.79 Å². The molecule has 0 fully saturated rings. The zero-order valence-electron chi connectivity index (χ0n) is 10.1. The summed E-state index contributed by atoms with van der Waals surface area (Å²) in [5.41, 5.74) is -0.118. The van der Waals surface area contributed by atoms with Gasteiger partial charge in [0.15, 0.2) is 5.78 Å². The summed E-state index contributed by atoms with van der Waals surface area (Å²) in [6.45, 7) is 6.85. The smallest absolute Gasteiger partial charge is 0.330 e. The van der Waals surface area contributed by atoms with E-state index in [0.717, 1.165) is 6.08 Å². The van der Waals surface area contributed by atoms with Crippen molar-refractivity contribution in [1.82, 2.24) is 0 Å². The molecule has 0 aliphatic rings. The van der Waals surface area contributed by atoms with Gasteiger partial charge in [-0.15, -0.1) is 0 Å². The third-order valence-electron chi connectivity index (χ3n) is 2.39. The fraction of sp³-hybridized carbons (Fsp3) is 0.286. The summed E-state index contributed by atoms with van der Waals surface area (Å²) in [4.78, 5) is 23.1. The Labute approximate surface area is 101 Å². The van der Waals surface area contributed by atoms with Crippen molar-refractivity contribution in [3.63, 3.8) is 0 Å². The number of carbonyl (C=O) groups is 2. The molecule has 1 aromatic rings. The van der Waals surface area contributed by atoms with Crippen LogP contribution in [0.3, 0.4) is 0 Å². The second-order valence-corrected chi connectivity index (χ2v) is 4.39. The molecule has 0 N–H and O–H groups in total. The van der Waals surface area contributed by atoms with Gasteiger partial charge < -0.3 is 4.74 Å². The first-order valence-corrected chi connectivity index (χ1v) is 5.36. The molecule has 0 spiro atoms. The number of hydrogen-bond acceptors (Lipinski definition) is 3. The topological polar surface area (TPSA) is 43.4 Å². The van der Waals surface area contributed by atoms with E-state index in [1.54, 1.807) is 38.1 Å². The highest BCUT2D eigenvalue weighted by Gasteiger charge is 2.29. The average Bonchev–Trinajstić information content (AvgIpc) is 2.36. The van der Waals surface area contributed by atoms with E-state index in [-0.39, 0.29) is 12.4 Å². The first-order valence-electron chi connectivity index (χ1n) is 5.36. The Kier molecular flexibility index (Phi) is 4.21. The molecule has 0 aromatic heterocycles. The van der Waals surface area contributed by atoms with E-state index in [1.807, 2.05) is 6.07 Å². The van der Waals surface area contributed by atoms with E-state index in [2.05, 4.69) is 6.58 Å². The predicted octanol–water partition coefficient (Wildman–Crippen LogP) is 2.62. The second kappa shape index (κ2) is 5.43. The Balaban J connectivity index is 2.73. The molecule has 1 rings (SSSR count). The summed E-state index contributed by atoms with van der Waals surface area (Å²) in [5.74, 6) is -0.561. The van der Waals surface area contributed by atoms with E-state index in [9.17, 15) is 9.59 Å². The molecule has 0 bridgehead atoms. The monoisotopic (exact) mass is 232 g/mol. The lowest BCUT2D eigenvalue weighted by atomic mass is 9.85. The van der Waals surface area contributed by atoms with Gasteiger partial charge in [0.2, 0.25) is 0 Å². The fourth-order valence-electron chi connectivity index (χ4n) is 1.36. The number of esters is 1. The predicted molar refractivity (Wildman–Crippen MR) is 65.7 cm³/mol. The molecule has 0 saturated carbocycles. The summed E-state index contributed by atoms with van der Waals surface area (Å²) >= 11 is 0. The summed E-state index contributed by atoms with van der Waals surface area (Å²) in [6.07, 6.45) is 1.09. The van der Waals surface area contributed by atoms with E-state index < -0.39 is 11.4 Å². The van der Waals surface area contributed by atoms with Crippen LogP contribution in [0.25, 0.3) is 0 Å². The molecule has 3 nitrogen and oxygen atoms in total. The number of Topliss-reactive ketones (excluding diaryl/α,β-unsaturated/α-hetero) is 1. The Morgan fingerprint density at radius 3 is 2.41 bits per heavy atom. The minimum absolute atomic E-state index is 0.0463. The third-order valence-corrected chi connectivity index (χ3v) is 2.39. The Bertz CT molecular complexity index is 418. The quantitative estimate of drug-likeness (QED) is 0.445. The maximum Gasteiger partial charge on any atom is 0.330 e. The number of rotatable bonds is 5. The van der Waals surface area contributed by atoms with Crippen molar-refractivity contribution in [3.8, 4) is 0 Å². The van der Waals surface area contributed by atoms with Crippen LogP contribution < -0.4 is 0 Å². The highest BCUT2D eigenvalue weighted by molar-refractivity contribution is 6.00. The standard InChI is InChI=1S/C14H16O3/c1-4-12(15)17-10-14(2,3)13(16)11-8-6-5-7-9-11/h4-9H,1,10H2,2-3H3. The van der Waals surface area contributed by atoms with Crippen LogP contribution in [0.5, 0.6) is 0 Å². The van der Waals surface area contributed by atoms with Crippen molar-refractivity contribution in [2.75, 3.05) is 6.61 Å². The number of ether oxygens (including phenoxy) is 1. The molecule has 3 heteroatoms. The average molecular weight is 232 g/mol. The van der Waals surface area contributed by atoms with E-state index in [0.29, 0.717) is 5.56 Å². The first-order chi connectivity index (χ1) is 7.97. The highest BCUT2D eigenvalue weighted by Crippen LogP contribution is 2.22. The molecule has 17 heavy (non-hydrogen) atoms. The van der Waals surface area contributed by atoms with Crippen LogP contribution in [0, 0.1) is 5.41 Å². The summed E-state index contributed by atoms with van der Waals surface area (Å²) < 4.78 is 4.92. The van der Waals surface area contributed by atoms with Crippen LogP contribution in [0.4, 0.5) is 0 Å². The van der Waals surface area contributed by atoms with Crippen molar-refractivity contribution >= 4 is 11.8 Å². The van der Waals surface area contributed by atoms with Crippen LogP contribution >= 0.6 is 0 Å². The molecule has 0 radical (unpaired) electrons. The second-order valence-electron chi connectivity index (χ2n) is 4.39. The lowest BCUT2D eigenvalue weighted by molar-refractivity contribution is -0.139. The van der Waals surface area contributed by atoms with Gasteiger partial charge in [0.25, 0.3) is 0 Å². The Hall–Kier alpha value is -1.90. The number of carbonyl (C=O) groups excluding carboxylic acids is 2. The number of benzene rings is 1. The van der Waals surface area contributed by atoms with Crippen molar-refractivity contribution in [2.24, 2.45) is 5.41 Å². The fourth-order valence-corrected chi connectivity index (χ4v) is 1.36. The van der Waals surface area contributed by atoms with Crippen LogP contribution in [-0.4, -0.2) is 18.4 Å². The van der Waals surface area contributed by atoms with Crippen LogP contribution in [0.2, 0.25) is 0 Å². The van der Waals surface area contributed by atoms with Gasteiger partial charge in [0.1, 0.15) is 6.61 Å².